The topological polar surface area (TPSA) is 17.1 Å². The molecule has 0 aliphatic heterocycles. The van der Waals surface area contributed by atoms with Crippen LogP contribution >= 0.6 is 11.6 Å². The molecule has 0 spiro atoms. The third-order valence-electron chi connectivity index (χ3n) is 2.56. The van der Waals surface area contributed by atoms with Gasteiger partial charge in [0, 0.05) is 5.92 Å². The Kier molecular flexibility index (Phi) is 2.30. The molecule has 1 saturated carbocycles. The molecule has 1 aliphatic rings. The van der Waals surface area contributed by atoms with Crippen molar-refractivity contribution in [3.63, 3.8) is 0 Å². The summed E-state index contributed by atoms with van der Waals surface area (Å²) >= 11 is 5.35. The van der Waals surface area contributed by atoms with E-state index in [4.69, 9.17) is 11.6 Å². The zero-order chi connectivity index (χ0) is 9.52. The van der Waals surface area contributed by atoms with Crippen LogP contribution in [0.1, 0.15) is 20.8 Å². The number of halogens is 2. The number of hydrogen-bond acceptors (Lipinski definition) is 1. The van der Waals surface area contributed by atoms with Gasteiger partial charge in [0.05, 0.1) is 5.83 Å². The molecule has 68 valence electrons. The summed E-state index contributed by atoms with van der Waals surface area (Å²) in [6.45, 7) is 5.22. The molecule has 0 radical (unpaired) electrons. The van der Waals surface area contributed by atoms with E-state index in [1.54, 1.807) is 0 Å². The molecule has 0 N–H and O–H groups in total. The molecule has 1 aliphatic carbocycles. The fourth-order valence-electron chi connectivity index (χ4n) is 1.67. The van der Waals surface area contributed by atoms with Gasteiger partial charge in [-0.3, -0.25) is 4.79 Å². The molecular weight excluding hydrogens is 179 g/mol. The first-order valence-electron chi connectivity index (χ1n) is 3.90. The van der Waals surface area contributed by atoms with Crippen LogP contribution in [0.4, 0.5) is 4.39 Å². The van der Waals surface area contributed by atoms with Gasteiger partial charge in [0.15, 0.2) is 0 Å². The van der Waals surface area contributed by atoms with Crippen molar-refractivity contribution in [3.05, 3.63) is 11.9 Å². The highest BCUT2D eigenvalue weighted by atomic mass is 35.5. The zero-order valence-electron chi connectivity index (χ0n) is 7.40. The van der Waals surface area contributed by atoms with Gasteiger partial charge in [-0.2, -0.15) is 0 Å². The molecule has 0 heterocycles. The Morgan fingerprint density at radius 2 is 2.08 bits per heavy atom. The fourth-order valence-corrected chi connectivity index (χ4v) is 2.09. The second kappa shape index (κ2) is 2.84. The summed E-state index contributed by atoms with van der Waals surface area (Å²) in [5.41, 5.74) is -0.161. The maximum atomic E-state index is 12.5. The standard InChI is InChI=1S/C9H12ClFO/c1-5(11)4-6-7(8(10)12)9(6,2)3/h4,6-7H,1-3H3/b5-4+/t6-,7+/m1/s1. The van der Waals surface area contributed by atoms with E-state index in [1.165, 1.54) is 13.0 Å². The predicted octanol–water partition coefficient (Wildman–Crippen LogP) is 2.90. The molecule has 0 amide bonds. The average molecular weight is 191 g/mol. The summed E-state index contributed by atoms with van der Waals surface area (Å²) in [6.07, 6.45) is 1.48. The fraction of sp³-hybridized carbons (Fsp3) is 0.667. The molecule has 1 rings (SSSR count). The highest BCUT2D eigenvalue weighted by Gasteiger charge is 2.60. The summed E-state index contributed by atoms with van der Waals surface area (Å²) in [6, 6.07) is 0. The Hall–Kier alpha value is -0.370. The number of carbonyl (C=O) groups is 1. The van der Waals surface area contributed by atoms with Gasteiger partial charge in [-0.1, -0.05) is 13.8 Å². The Bertz CT molecular complexity index is 241. The molecule has 1 nitrogen and oxygen atoms in total. The van der Waals surface area contributed by atoms with Crippen LogP contribution in [-0.4, -0.2) is 5.24 Å². The minimum Gasteiger partial charge on any atom is -0.281 e. The van der Waals surface area contributed by atoms with Gasteiger partial charge in [-0.15, -0.1) is 0 Å². The van der Waals surface area contributed by atoms with Crippen LogP contribution < -0.4 is 0 Å². The lowest BCUT2D eigenvalue weighted by atomic mass is 10.1. The van der Waals surface area contributed by atoms with Crippen molar-refractivity contribution in [2.24, 2.45) is 17.3 Å². The number of carbonyl (C=O) groups excluding carboxylic acids is 1. The smallest absolute Gasteiger partial charge is 0.225 e. The van der Waals surface area contributed by atoms with Gasteiger partial charge in [-0.25, -0.2) is 4.39 Å². The first-order valence-corrected chi connectivity index (χ1v) is 4.28. The number of rotatable bonds is 2. The van der Waals surface area contributed by atoms with Gasteiger partial charge < -0.3 is 0 Å². The van der Waals surface area contributed by atoms with Crippen LogP contribution in [0.3, 0.4) is 0 Å². The summed E-state index contributed by atoms with van der Waals surface area (Å²) in [4.78, 5) is 10.8. The minimum absolute atomic E-state index is 0.0208. The molecule has 0 unspecified atom stereocenters. The molecule has 0 aromatic carbocycles. The third kappa shape index (κ3) is 1.53. The summed E-state index contributed by atoms with van der Waals surface area (Å²) in [5, 5.41) is -0.359. The average Bonchev–Trinajstić information content (AvgIpc) is 2.32. The zero-order valence-corrected chi connectivity index (χ0v) is 8.15. The summed E-state index contributed by atoms with van der Waals surface area (Å²) in [5.74, 6) is -0.467. The van der Waals surface area contributed by atoms with E-state index in [1.807, 2.05) is 13.8 Å². The normalized spacial score (nSPS) is 33.2. The maximum absolute atomic E-state index is 12.5. The maximum Gasteiger partial charge on any atom is 0.225 e. The lowest BCUT2D eigenvalue weighted by molar-refractivity contribution is -0.113. The quantitative estimate of drug-likeness (QED) is 0.612. The Labute approximate surface area is 76.6 Å². The summed E-state index contributed by atoms with van der Waals surface area (Å²) < 4.78 is 12.5. The number of allylic oxidation sites excluding steroid dienone is 2. The van der Waals surface area contributed by atoms with E-state index in [0.29, 0.717) is 0 Å². The molecule has 0 aromatic rings. The lowest BCUT2D eigenvalue weighted by Gasteiger charge is -1.96. The van der Waals surface area contributed by atoms with Crippen molar-refractivity contribution < 1.29 is 9.18 Å². The van der Waals surface area contributed by atoms with Crippen LogP contribution in [0.25, 0.3) is 0 Å². The lowest BCUT2D eigenvalue weighted by Crippen LogP contribution is -1.96. The van der Waals surface area contributed by atoms with E-state index in [0.717, 1.165) is 0 Å². The van der Waals surface area contributed by atoms with Gasteiger partial charge >= 0.3 is 0 Å². The summed E-state index contributed by atoms with van der Waals surface area (Å²) in [7, 11) is 0. The second-order valence-electron chi connectivity index (χ2n) is 3.88. The van der Waals surface area contributed by atoms with Crippen molar-refractivity contribution in [2.45, 2.75) is 20.8 Å². The highest BCUT2D eigenvalue weighted by Crippen LogP contribution is 2.60. The van der Waals surface area contributed by atoms with Crippen molar-refractivity contribution in [1.82, 2.24) is 0 Å². The van der Waals surface area contributed by atoms with E-state index >= 15 is 0 Å². The van der Waals surface area contributed by atoms with E-state index in [9.17, 15) is 9.18 Å². The molecule has 3 heteroatoms. The largest absolute Gasteiger partial charge is 0.281 e. The van der Waals surface area contributed by atoms with Crippen LogP contribution in [0.15, 0.2) is 11.9 Å². The minimum atomic E-state index is -0.359. The Balaban J connectivity index is 2.73. The van der Waals surface area contributed by atoms with Crippen LogP contribution in [-0.2, 0) is 4.79 Å². The highest BCUT2D eigenvalue weighted by molar-refractivity contribution is 6.64. The van der Waals surface area contributed by atoms with Crippen LogP contribution in [0.2, 0.25) is 0 Å². The van der Waals surface area contributed by atoms with Gasteiger partial charge in [-0.05, 0) is 35.9 Å². The van der Waals surface area contributed by atoms with Gasteiger partial charge in [0.1, 0.15) is 0 Å². The predicted molar refractivity (Wildman–Crippen MR) is 46.5 cm³/mol. The van der Waals surface area contributed by atoms with Crippen molar-refractivity contribution in [3.8, 4) is 0 Å². The number of hydrogen-bond donors (Lipinski definition) is 0. The van der Waals surface area contributed by atoms with E-state index in [2.05, 4.69) is 0 Å². The first-order chi connectivity index (χ1) is 5.37. The van der Waals surface area contributed by atoms with Gasteiger partial charge in [0.2, 0.25) is 5.24 Å². The molecular formula is C9H12ClFO. The molecule has 0 bridgehead atoms. The monoisotopic (exact) mass is 190 g/mol. The van der Waals surface area contributed by atoms with Gasteiger partial charge in [0.25, 0.3) is 0 Å². The Morgan fingerprint density at radius 1 is 1.58 bits per heavy atom. The van der Waals surface area contributed by atoms with Crippen LogP contribution in [0.5, 0.6) is 0 Å². The SMILES string of the molecule is C/C(F)=C\[C@@H]1[C@@H](C(=O)Cl)C1(C)C. The molecule has 2 atom stereocenters. The van der Waals surface area contributed by atoms with E-state index < -0.39 is 0 Å². The Morgan fingerprint density at radius 3 is 2.33 bits per heavy atom. The third-order valence-corrected chi connectivity index (χ3v) is 2.80. The van der Waals surface area contributed by atoms with Crippen molar-refractivity contribution in [2.75, 3.05) is 0 Å². The molecule has 0 saturated heterocycles. The molecule has 0 aromatic heterocycles. The molecule has 12 heavy (non-hydrogen) atoms. The van der Waals surface area contributed by atoms with E-state index in [-0.39, 0.29) is 28.3 Å². The molecule has 1 fully saturated rings. The van der Waals surface area contributed by atoms with Crippen molar-refractivity contribution in [1.29, 1.82) is 0 Å². The van der Waals surface area contributed by atoms with Crippen LogP contribution in [0, 0.1) is 17.3 Å². The first kappa shape index (κ1) is 9.72. The van der Waals surface area contributed by atoms with Crippen molar-refractivity contribution >= 4 is 16.8 Å². The second-order valence-corrected chi connectivity index (χ2v) is 4.25.